The van der Waals surface area contributed by atoms with E-state index in [0.717, 1.165) is 5.69 Å². The van der Waals surface area contributed by atoms with Crippen molar-refractivity contribution in [3.8, 4) is 5.75 Å². The lowest BCUT2D eigenvalue weighted by atomic mass is 10.2. The number of amides is 2. The van der Waals surface area contributed by atoms with E-state index in [2.05, 4.69) is 10.3 Å². The molecule has 1 unspecified atom stereocenters. The highest BCUT2D eigenvalue weighted by molar-refractivity contribution is 8.15. The molecule has 2 aromatic carbocycles. The van der Waals surface area contributed by atoms with E-state index in [1.807, 2.05) is 72.8 Å². The summed E-state index contributed by atoms with van der Waals surface area (Å²) in [5, 5.41) is 2.78. The number of pyridine rings is 1. The van der Waals surface area contributed by atoms with Crippen molar-refractivity contribution < 1.29 is 14.3 Å². The van der Waals surface area contributed by atoms with Crippen LogP contribution in [0.4, 0.5) is 11.4 Å². The molecule has 1 aliphatic rings. The van der Waals surface area contributed by atoms with Gasteiger partial charge in [0, 0.05) is 18.3 Å². The van der Waals surface area contributed by atoms with Crippen molar-refractivity contribution in [2.75, 3.05) is 12.4 Å². The average molecular weight is 447 g/mol. The van der Waals surface area contributed by atoms with Crippen LogP contribution in [0.25, 0.3) is 0 Å². The van der Waals surface area contributed by atoms with Crippen LogP contribution in [0.5, 0.6) is 5.75 Å². The highest BCUT2D eigenvalue weighted by Crippen LogP contribution is 2.35. The fourth-order valence-electron chi connectivity index (χ4n) is 3.25. The van der Waals surface area contributed by atoms with Crippen molar-refractivity contribution in [3.05, 3.63) is 84.7 Å². The lowest BCUT2D eigenvalue weighted by molar-refractivity contribution is -0.128. The smallest absolute Gasteiger partial charge is 0.243 e. The summed E-state index contributed by atoms with van der Waals surface area (Å²) in [6, 6.07) is 22.1. The number of benzene rings is 2. The molecule has 3 aromatic rings. The number of amidine groups is 1. The van der Waals surface area contributed by atoms with Crippen molar-refractivity contribution in [2.24, 2.45) is 4.99 Å². The molecule has 1 aromatic heterocycles. The van der Waals surface area contributed by atoms with Crippen molar-refractivity contribution in [1.82, 2.24) is 9.88 Å². The highest BCUT2D eigenvalue weighted by atomic mass is 32.2. The van der Waals surface area contributed by atoms with Gasteiger partial charge in [-0.25, -0.2) is 4.99 Å². The quantitative estimate of drug-likeness (QED) is 0.587. The third-order valence-corrected chi connectivity index (χ3v) is 5.97. The van der Waals surface area contributed by atoms with Crippen molar-refractivity contribution >= 4 is 40.1 Å². The van der Waals surface area contributed by atoms with E-state index >= 15 is 0 Å². The number of thioether (sulfide) groups is 1. The Kier molecular flexibility index (Phi) is 6.81. The number of aromatic nitrogens is 1. The van der Waals surface area contributed by atoms with Gasteiger partial charge < -0.3 is 10.1 Å². The zero-order valence-electron chi connectivity index (χ0n) is 17.5. The number of rotatable bonds is 7. The summed E-state index contributed by atoms with van der Waals surface area (Å²) in [6.07, 6.45) is 1.73. The molecule has 0 radical (unpaired) electrons. The molecule has 2 amide bonds. The SMILES string of the molecule is COc1ccccc1N=C1SC(CC(=O)Nc2ccccc2)C(=O)N1Cc1ccccn1. The first kappa shape index (κ1) is 21.6. The van der Waals surface area contributed by atoms with Gasteiger partial charge in [-0.1, -0.05) is 48.2 Å². The highest BCUT2D eigenvalue weighted by Gasteiger charge is 2.39. The Bertz CT molecular complexity index is 1120. The maximum Gasteiger partial charge on any atom is 0.243 e. The molecular formula is C24H22N4O3S. The zero-order chi connectivity index (χ0) is 22.3. The topological polar surface area (TPSA) is 83.9 Å². The molecule has 0 aliphatic carbocycles. The molecule has 162 valence electrons. The average Bonchev–Trinajstić information content (AvgIpc) is 3.09. The molecular weight excluding hydrogens is 424 g/mol. The molecule has 1 atom stereocenters. The first-order valence-corrected chi connectivity index (χ1v) is 11.0. The van der Waals surface area contributed by atoms with Gasteiger partial charge in [0.25, 0.3) is 0 Å². The number of para-hydroxylation sites is 3. The zero-order valence-corrected chi connectivity index (χ0v) is 18.3. The van der Waals surface area contributed by atoms with Crippen LogP contribution in [-0.4, -0.2) is 39.2 Å². The largest absolute Gasteiger partial charge is 0.494 e. The van der Waals surface area contributed by atoms with Crippen LogP contribution in [0.1, 0.15) is 12.1 Å². The minimum atomic E-state index is -0.573. The lowest BCUT2D eigenvalue weighted by Crippen LogP contribution is -2.33. The maximum atomic E-state index is 13.2. The summed E-state index contributed by atoms with van der Waals surface area (Å²) in [4.78, 5) is 36.4. The second-order valence-corrected chi connectivity index (χ2v) is 8.21. The number of aliphatic imine (C=N–C) groups is 1. The van der Waals surface area contributed by atoms with E-state index in [9.17, 15) is 9.59 Å². The second-order valence-electron chi connectivity index (χ2n) is 7.04. The van der Waals surface area contributed by atoms with Gasteiger partial charge in [-0.3, -0.25) is 19.5 Å². The van der Waals surface area contributed by atoms with Crippen LogP contribution in [0, 0.1) is 0 Å². The van der Waals surface area contributed by atoms with Gasteiger partial charge in [0.05, 0.1) is 19.3 Å². The van der Waals surface area contributed by atoms with Crippen LogP contribution < -0.4 is 10.1 Å². The number of nitrogens with one attached hydrogen (secondary N) is 1. The van der Waals surface area contributed by atoms with Crippen LogP contribution in [0.2, 0.25) is 0 Å². The van der Waals surface area contributed by atoms with E-state index in [1.54, 1.807) is 18.2 Å². The van der Waals surface area contributed by atoms with Gasteiger partial charge in [0.1, 0.15) is 16.7 Å². The third-order valence-electron chi connectivity index (χ3n) is 4.80. The summed E-state index contributed by atoms with van der Waals surface area (Å²) in [7, 11) is 1.58. The fourth-order valence-corrected chi connectivity index (χ4v) is 4.40. The summed E-state index contributed by atoms with van der Waals surface area (Å²) >= 11 is 1.28. The first-order chi connectivity index (χ1) is 15.6. The van der Waals surface area contributed by atoms with Gasteiger partial charge in [0.15, 0.2) is 5.17 Å². The molecule has 0 spiro atoms. The molecule has 8 heteroatoms. The Balaban J connectivity index is 1.57. The molecule has 1 N–H and O–H groups in total. The van der Waals surface area contributed by atoms with Gasteiger partial charge in [0.2, 0.25) is 11.8 Å². The van der Waals surface area contributed by atoms with Gasteiger partial charge >= 0.3 is 0 Å². The monoisotopic (exact) mass is 446 g/mol. The summed E-state index contributed by atoms with van der Waals surface area (Å²) in [6.45, 7) is 0.275. The molecule has 1 aliphatic heterocycles. The van der Waals surface area contributed by atoms with Crippen molar-refractivity contribution in [1.29, 1.82) is 0 Å². The maximum absolute atomic E-state index is 13.2. The third kappa shape index (κ3) is 5.15. The van der Waals surface area contributed by atoms with Gasteiger partial charge in [-0.2, -0.15) is 0 Å². The predicted octanol–water partition coefficient (Wildman–Crippen LogP) is 4.25. The Morgan fingerprint density at radius 2 is 1.84 bits per heavy atom. The van der Waals surface area contributed by atoms with Gasteiger partial charge in [-0.15, -0.1) is 0 Å². The molecule has 7 nitrogen and oxygen atoms in total. The Labute approximate surface area is 190 Å². The number of hydrogen-bond acceptors (Lipinski definition) is 6. The minimum Gasteiger partial charge on any atom is -0.494 e. The number of nitrogens with zero attached hydrogens (tertiary/aromatic N) is 3. The Morgan fingerprint density at radius 3 is 2.59 bits per heavy atom. The number of carbonyl (C=O) groups is 2. The minimum absolute atomic E-state index is 0.0437. The van der Waals surface area contributed by atoms with Crippen molar-refractivity contribution in [3.63, 3.8) is 0 Å². The first-order valence-electron chi connectivity index (χ1n) is 10.1. The van der Waals surface area contributed by atoms with Crippen LogP contribution >= 0.6 is 11.8 Å². The van der Waals surface area contributed by atoms with E-state index in [4.69, 9.17) is 9.73 Å². The summed E-state index contributed by atoms with van der Waals surface area (Å²) in [5.74, 6) is 0.215. The molecule has 32 heavy (non-hydrogen) atoms. The Morgan fingerprint density at radius 1 is 1.09 bits per heavy atom. The summed E-state index contributed by atoms with van der Waals surface area (Å²) < 4.78 is 5.40. The molecule has 1 saturated heterocycles. The molecule has 1 fully saturated rings. The van der Waals surface area contributed by atoms with Crippen LogP contribution in [0.3, 0.4) is 0 Å². The molecule has 2 heterocycles. The molecule has 0 saturated carbocycles. The number of carbonyl (C=O) groups excluding carboxylic acids is 2. The predicted molar refractivity (Wildman–Crippen MR) is 126 cm³/mol. The number of anilines is 1. The molecule has 0 bridgehead atoms. The van der Waals surface area contributed by atoms with Crippen molar-refractivity contribution in [2.45, 2.75) is 18.2 Å². The number of hydrogen-bond donors (Lipinski definition) is 1. The molecule has 4 rings (SSSR count). The number of methoxy groups -OCH3 is 1. The van der Waals surface area contributed by atoms with Crippen LogP contribution in [0.15, 0.2) is 84.0 Å². The second kappa shape index (κ2) is 10.1. The van der Waals surface area contributed by atoms with E-state index in [0.29, 0.717) is 22.3 Å². The van der Waals surface area contributed by atoms with Crippen LogP contribution in [-0.2, 0) is 16.1 Å². The standard InChI is InChI=1S/C24H22N4O3S/c1-31-20-13-6-5-12-19(20)27-24-28(16-18-11-7-8-14-25-18)23(30)21(32-24)15-22(29)26-17-9-3-2-4-10-17/h2-14,21H,15-16H2,1H3,(H,26,29). The number of ether oxygens (including phenoxy) is 1. The fraction of sp³-hybridized carbons (Fsp3) is 0.167. The lowest BCUT2D eigenvalue weighted by Gasteiger charge is -2.16. The van der Waals surface area contributed by atoms with Gasteiger partial charge in [-0.05, 0) is 36.4 Å². The normalized spacial score (nSPS) is 16.9. The van der Waals surface area contributed by atoms with E-state index in [-0.39, 0.29) is 24.8 Å². The van der Waals surface area contributed by atoms with E-state index < -0.39 is 5.25 Å². The Hall–Kier alpha value is -3.65. The summed E-state index contributed by atoms with van der Waals surface area (Å²) in [5.41, 5.74) is 2.05. The van der Waals surface area contributed by atoms with E-state index in [1.165, 1.54) is 11.8 Å².